The van der Waals surface area contributed by atoms with Crippen LogP contribution in [0.2, 0.25) is 0 Å². The van der Waals surface area contributed by atoms with E-state index < -0.39 is 0 Å². The Labute approximate surface area is 173 Å². The first kappa shape index (κ1) is 19.2. The molecule has 0 atom stereocenters. The summed E-state index contributed by atoms with van der Waals surface area (Å²) in [5, 5.41) is 6.68. The minimum absolute atomic E-state index is 0.624. The zero-order chi connectivity index (χ0) is 20.2. The van der Waals surface area contributed by atoms with E-state index in [-0.39, 0.29) is 0 Å². The van der Waals surface area contributed by atoms with Crippen LogP contribution in [0.3, 0.4) is 0 Å². The van der Waals surface area contributed by atoms with Gasteiger partial charge < -0.3 is 5.32 Å². The molecule has 1 aromatic heterocycles. The van der Waals surface area contributed by atoms with E-state index in [9.17, 15) is 0 Å². The van der Waals surface area contributed by atoms with Crippen LogP contribution in [0.15, 0.2) is 59.9 Å². The number of fused-ring (bicyclic) bond motifs is 2. The molecule has 0 saturated heterocycles. The predicted octanol–water partition coefficient (Wildman–Crippen LogP) is 2.46. The van der Waals surface area contributed by atoms with Crippen LogP contribution in [0.25, 0.3) is 21.7 Å². The summed E-state index contributed by atoms with van der Waals surface area (Å²) in [4.78, 5) is 12.8. The molecule has 1 heterocycles. The summed E-state index contributed by atoms with van der Waals surface area (Å²) < 4.78 is 0. The monoisotopic (exact) mass is 374 g/mol. The Morgan fingerprint density at radius 2 is 1.79 bits per heavy atom. The molecule has 4 aromatic rings. The molecule has 3 aromatic carbocycles. The van der Waals surface area contributed by atoms with E-state index in [0.717, 1.165) is 52.4 Å². The van der Waals surface area contributed by atoms with E-state index in [1.807, 2.05) is 30.5 Å². The van der Waals surface area contributed by atoms with Crippen molar-refractivity contribution < 1.29 is 0 Å². The fourth-order valence-electron chi connectivity index (χ4n) is 3.48. The number of anilines is 1. The molecular weight excluding hydrogens is 354 g/mol. The molecule has 29 heavy (non-hydrogen) atoms. The lowest BCUT2D eigenvalue weighted by Gasteiger charge is -2.10. The Morgan fingerprint density at radius 1 is 0.966 bits per heavy atom. The molecule has 0 saturated carbocycles. The van der Waals surface area contributed by atoms with E-state index in [0.29, 0.717) is 10.9 Å². The van der Waals surface area contributed by atoms with Crippen molar-refractivity contribution in [2.45, 2.75) is 12.8 Å². The predicted molar refractivity (Wildman–Crippen MR) is 125 cm³/mol. The van der Waals surface area contributed by atoms with Crippen molar-refractivity contribution in [2.75, 3.05) is 18.9 Å². The Morgan fingerprint density at radius 3 is 2.62 bits per heavy atom. The lowest BCUT2D eigenvalue weighted by molar-refractivity contribution is 0.860. The van der Waals surface area contributed by atoms with Crippen LogP contribution in [0.5, 0.6) is 0 Å². The average Bonchev–Trinajstić information content (AvgIpc) is 2.72. The van der Waals surface area contributed by atoms with Gasteiger partial charge in [0, 0.05) is 25.2 Å². The fourth-order valence-corrected chi connectivity index (χ4v) is 3.48. The number of hydrogen-bond donors (Lipinski definition) is 1. The first-order chi connectivity index (χ1) is 14.1. The normalized spacial score (nSPS) is 11.5. The highest BCUT2D eigenvalue weighted by Gasteiger charge is 2.05. The number of benzene rings is 3. The van der Waals surface area contributed by atoms with Crippen molar-refractivity contribution >= 4 is 60.3 Å². The highest BCUT2D eigenvalue weighted by molar-refractivity contribution is 6.49. The summed E-state index contributed by atoms with van der Waals surface area (Å²) in [5.41, 5.74) is 4.48. The number of aromatic nitrogens is 2. The highest BCUT2D eigenvalue weighted by Crippen LogP contribution is 2.20. The van der Waals surface area contributed by atoms with Crippen LogP contribution in [-0.2, 0) is 6.42 Å². The van der Waals surface area contributed by atoms with Gasteiger partial charge in [-0.3, -0.25) is 4.99 Å². The van der Waals surface area contributed by atoms with Crippen LogP contribution in [-0.4, -0.2) is 45.5 Å². The van der Waals surface area contributed by atoms with Gasteiger partial charge in [-0.05, 0) is 46.9 Å². The summed E-state index contributed by atoms with van der Waals surface area (Å²) in [6.45, 7) is 0.820. The van der Waals surface area contributed by atoms with Crippen LogP contribution < -0.4 is 16.2 Å². The quantitative estimate of drug-likeness (QED) is 0.321. The van der Waals surface area contributed by atoms with E-state index in [1.54, 1.807) is 13.4 Å². The summed E-state index contributed by atoms with van der Waals surface area (Å²) >= 11 is 0. The molecule has 1 N–H and O–H groups in total. The van der Waals surface area contributed by atoms with Crippen molar-refractivity contribution in [3.8, 4) is 0 Å². The SMILES string of the molecule is [B]c1cc2ccc(CCCNc3ncnc4ccc(C=NC)cc34)cc2cc1[B]. The summed E-state index contributed by atoms with van der Waals surface area (Å²) in [6.07, 6.45) is 5.37. The average molecular weight is 374 g/mol. The number of nitrogens with zero attached hydrogens (tertiary/aromatic N) is 3. The topological polar surface area (TPSA) is 50.2 Å². The maximum absolute atomic E-state index is 5.94. The molecule has 0 aliphatic heterocycles. The molecular formula is C23H20B2N4. The maximum Gasteiger partial charge on any atom is 0.137 e. The van der Waals surface area contributed by atoms with E-state index in [4.69, 9.17) is 15.7 Å². The van der Waals surface area contributed by atoms with Crippen LogP contribution in [0.1, 0.15) is 17.5 Å². The lowest BCUT2D eigenvalue weighted by atomic mass is 9.79. The molecule has 4 rings (SSSR count). The molecule has 6 heteroatoms. The molecule has 0 aliphatic carbocycles. The van der Waals surface area contributed by atoms with Crippen molar-refractivity contribution in [3.05, 3.63) is 66.0 Å². The van der Waals surface area contributed by atoms with Gasteiger partial charge in [-0.1, -0.05) is 36.4 Å². The second-order valence-electron chi connectivity index (χ2n) is 7.08. The molecule has 4 nitrogen and oxygen atoms in total. The highest BCUT2D eigenvalue weighted by atomic mass is 15.0. The van der Waals surface area contributed by atoms with Gasteiger partial charge >= 0.3 is 0 Å². The van der Waals surface area contributed by atoms with Gasteiger partial charge in [0.25, 0.3) is 0 Å². The first-order valence-electron chi connectivity index (χ1n) is 9.62. The van der Waals surface area contributed by atoms with Crippen molar-refractivity contribution in [1.29, 1.82) is 0 Å². The number of rotatable bonds is 6. The van der Waals surface area contributed by atoms with Gasteiger partial charge in [-0.25, -0.2) is 9.97 Å². The Hall–Kier alpha value is -3.14. The van der Waals surface area contributed by atoms with Crippen LogP contribution in [0, 0.1) is 0 Å². The second kappa shape index (κ2) is 8.48. The maximum atomic E-state index is 5.94. The van der Waals surface area contributed by atoms with Gasteiger partial charge in [0.2, 0.25) is 0 Å². The minimum Gasteiger partial charge on any atom is -0.369 e. The third kappa shape index (κ3) is 4.32. The Balaban J connectivity index is 1.43. The van der Waals surface area contributed by atoms with Crippen molar-refractivity contribution in [1.82, 2.24) is 9.97 Å². The largest absolute Gasteiger partial charge is 0.369 e. The van der Waals surface area contributed by atoms with E-state index in [2.05, 4.69) is 44.5 Å². The van der Waals surface area contributed by atoms with Crippen LogP contribution in [0.4, 0.5) is 5.82 Å². The molecule has 0 spiro atoms. The molecule has 0 aliphatic rings. The summed E-state index contributed by atoms with van der Waals surface area (Å²) in [7, 11) is 13.6. The second-order valence-corrected chi connectivity index (χ2v) is 7.08. The van der Waals surface area contributed by atoms with Crippen molar-refractivity contribution in [2.24, 2.45) is 4.99 Å². The molecule has 138 valence electrons. The number of aliphatic imine (C=N–C) groups is 1. The molecule has 0 amide bonds. The molecule has 0 bridgehead atoms. The van der Waals surface area contributed by atoms with Crippen LogP contribution >= 0.6 is 0 Å². The standard InChI is InChI=1S/C23H20B2N4/c1-26-13-16-5-7-22-19(10-16)23(29-14-28-22)27-8-2-3-15-4-6-17-11-20(24)21(25)12-18(17)9-15/h4-7,9-14H,2-3,8H2,1H3,(H,27,28,29). The Kier molecular flexibility index (Phi) is 5.61. The smallest absolute Gasteiger partial charge is 0.137 e. The fraction of sp³-hybridized carbons (Fsp3) is 0.174. The van der Waals surface area contributed by atoms with Gasteiger partial charge in [0.1, 0.15) is 27.8 Å². The summed E-state index contributed by atoms with van der Waals surface area (Å²) in [6, 6.07) is 16.4. The van der Waals surface area contributed by atoms with E-state index in [1.165, 1.54) is 5.56 Å². The van der Waals surface area contributed by atoms with E-state index >= 15 is 0 Å². The van der Waals surface area contributed by atoms with Crippen molar-refractivity contribution in [3.63, 3.8) is 0 Å². The van der Waals surface area contributed by atoms with Gasteiger partial charge in [-0.2, -0.15) is 0 Å². The number of hydrogen-bond acceptors (Lipinski definition) is 4. The minimum atomic E-state index is 0.624. The van der Waals surface area contributed by atoms with Gasteiger partial charge in [0.15, 0.2) is 0 Å². The zero-order valence-corrected chi connectivity index (χ0v) is 16.4. The number of nitrogens with one attached hydrogen (secondary N) is 1. The summed E-state index contributed by atoms with van der Waals surface area (Å²) in [5.74, 6) is 0.850. The first-order valence-corrected chi connectivity index (χ1v) is 9.62. The number of aryl methyl sites for hydroxylation is 1. The molecule has 0 fully saturated rings. The molecule has 0 unspecified atom stereocenters. The molecule has 4 radical (unpaired) electrons. The third-order valence-corrected chi connectivity index (χ3v) is 4.98. The lowest BCUT2D eigenvalue weighted by Crippen LogP contribution is -2.24. The Bertz CT molecular complexity index is 1200. The van der Waals surface area contributed by atoms with Gasteiger partial charge in [-0.15, -0.1) is 10.9 Å². The van der Waals surface area contributed by atoms with Gasteiger partial charge in [0.05, 0.1) is 5.52 Å². The third-order valence-electron chi connectivity index (χ3n) is 4.98. The zero-order valence-electron chi connectivity index (χ0n) is 16.4.